The van der Waals surface area contributed by atoms with Crippen LogP contribution < -0.4 is 11.1 Å². The van der Waals surface area contributed by atoms with Gasteiger partial charge in [-0.2, -0.15) is 0 Å². The van der Waals surface area contributed by atoms with Gasteiger partial charge >= 0.3 is 6.03 Å². The van der Waals surface area contributed by atoms with E-state index >= 15 is 0 Å². The minimum Gasteiger partial charge on any atom is -0.325 e. The molecule has 0 fully saturated rings. The quantitative estimate of drug-likeness (QED) is 0.817. The summed E-state index contributed by atoms with van der Waals surface area (Å²) in [6.45, 7) is 7.61. The second-order valence-electron chi connectivity index (χ2n) is 4.14. The number of carbonyl (C=O) groups is 1. The van der Waals surface area contributed by atoms with E-state index in [-0.39, 0.29) is 6.03 Å². The maximum Gasteiger partial charge on any atom is 0.321 e. The molecular weight excluding hydrogens is 238 g/mol. The van der Waals surface area contributed by atoms with Gasteiger partial charge in [-0.25, -0.2) is 4.79 Å². The molecule has 0 saturated heterocycles. The number of aryl methyl sites for hydroxylation is 1. The summed E-state index contributed by atoms with van der Waals surface area (Å²) in [7, 11) is 0. The molecule has 4 nitrogen and oxygen atoms in total. The number of anilines is 1. The first-order chi connectivity index (χ1) is 9.12. The van der Waals surface area contributed by atoms with Crippen LogP contribution in [0.1, 0.15) is 25.0 Å². The van der Waals surface area contributed by atoms with Crippen molar-refractivity contribution in [2.24, 2.45) is 5.73 Å². The molecule has 1 rings (SSSR count). The zero-order chi connectivity index (χ0) is 14.3. The highest BCUT2D eigenvalue weighted by Crippen LogP contribution is 2.16. The molecule has 0 heterocycles. The van der Waals surface area contributed by atoms with Gasteiger partial charge in [-0.1, -0.05) is 11.8 Å². The normalized spacial score (nSPS) is 9.47. The van der Waals surface area contributed by atoms with Gasteiger partial charge in [0, 0.05) is 24.3 Å². The predicted octanol–water partition coefficient (Wildman–Crippen LogP) is 2.18. The number of urea groups is 1. The fourth-order valence-electron chi connectivity index (χ4n) is 1.74. The van der Waals surface area contributed by atoms with Crippen molar-refractivity contribution < 1.29 is 4.79 Å². The lowest BCUT2D eigenvalue weighted by Crippen LogP contribution is -2.34. The van der Waals surface area contributed by atoms with Gasteiger partial charge < -0.3 is 16.0 Å². The van der Waals surface area contributed by atoms with Gasteiger partial charge in [0.15, 0.2) is 0 Å². The smallest absolute Gasteiger partial charge is 0.321 e. The van der Waals surface area contributed by atoms with E-state index in [1.807, 2.05) is 39.0 Å². The van der Waals surface area contributed by atoms with E-state index in [0.717, 1.165) is 16.8 Å². The molecule has 0 radical (unpaired) electrons. The van der Waals surface area contributed by atoms with Gasteiger partial charge in [0.05, 0.1) is 6.54 Å². The van der Waals surface area contributed by atoms with Gasteiger partial charge in [0.2, 0.25) is 0 Å². The van der Waals surface area contributed by atoms with Crippen LogP contribution in [0.25, 0.3) is 0 Å². The van der Waals surface area contributed by atoms with Gasteiger partial charge in [-0.3, -0.25) is 0 Å². The highest BCUT2D eigenvalue weighted by molar-refractivity contribution is 5.90. The number of amides is 2. The van der Waals surface area contributed by atoms with Crippen molar-refractivity contribution in [3.05, 3.63) is 29.3 Å². The first-order valence-corrected chi connectivity index (χ1v) is 6.47. The van der Waals surface area contributed by atoms with E-state index < -0.39 is 0 Å². The number of rotatable bonds is 3. The van der Waals surface area contributed by atoms with Crippen LogP contribution >= 0.6 is 0 Å². The van der Waals surface area contributed by atoms with Crippen LogP contribution in [0, 0.1) is 18.8 Å². The van der Waals surface area contributed by atoms with Crippen molar-refractivity contribution in [3.8, 4) is 11.8 Å². The molecule has 102 valence electrons. The Kier molecular flexibility index (Phi) is 5.91. The molecule has 1 aromatic carbocycles. The number of benzene rings is 1. The fourth-order valence-corrected chi connectivity index (χ4v) is 1.74. The summed E-state index contributed by atoms with van der Waals surface area (Å²) in [5.41, 5.74) is 8.05. The molecule has 2 amide bonds. The van der Waals surface area contributed by atoms with E-state index in [2.05, 4.69) is 17.2 Å². The third-order valence-electron chi connectivity index (χ3n) is 2.85. The Labute approximate surface area is 115 Å². The van der Waals surface area contributed by atoms with E-state index in [1.165, 1.54) is 0 Å². The van der Waals surface area contributed by atoms with Crippen molar-refractivity contribution in [2.45, 2.75) is 20.8 Å². The highest BCUT2D eigenvalue weighted by atomic mass is 16.2. The molecule has 0 aliphatic heterocycles. The van der Waals surface area contributed by atoms with Crippen LogP contribution in [0.2, 0.25) is 0 Å². The summed E-state index contributed by atoms with van der Waals surface area (Å²) in [4.78, 5) is 13.7. The van der Waals surface area contributed by atoms with E-state index in [1.54, 1.807) is 4.90 Å². The molecule has 1 aromatic rings. The van der Waals surface area contributed by atoms with Crippen LogP contribution in [-0.4, -0.2) is 30.6 Å². The maximum absolute atomic E-state index is 12.0. The van der Waals surface area contributed by atoms with E-state index in [9.17, 15) is 4.79 Å². The molecule has 0 unspecified atom stereocenters. The molecule has 0 bridgehead atoms. The number of carbonyl (C=O) groups excluding carboxylic acids is 1. The average Bonchev–Trinajstić information content (AvgIpc) is 2.40. The number of hydrogen-bond donors (Lipinski definition) is 2. The summed E-state index contributed by atoms with van der Waals surface area (Å²) in [6, 6.07) is 5.62. The standard InChI is InChI=1S/C15H21N3O/c1-4-18(5-2)15(19)17-14-9-8-13(7-6-10-16)11-12(14)3/h8-9,11H,4-5,10,16H2,1-3H3,(H,17,19). The third-order valence-corrected chi connectivity index (χ3v) is 2.85. The maximum atomic E-state index is 12.0. The molecule has 0 aromatic heterocycles. The van der Waals surface area contributed by atoms with Crippen LogP contribution in [0.3, 0.4) is 0 Å². The zero-order valence-corrected chi connectivity index (χ0v) is 11.8. The lowest BCUT2D eigenvalue weighted by Gasteiger charge is -2.20. The van der Waals surface area contributed by atoms with Gasteiger partial charge in [-0.15, -0.1) is 0 Å². The Morgan fingerprint density at radius 1 is 1.37 bits per heavy atom. The number of nitrogens with two attached hydrogens (primary N) is 1. The van der Waals surface area contributed by atoms with Crippen molar-refractivity contribution in [1.29, 1.82) is 0 Å². The minimum absolute atomic E-state index is 0.0751. The molecular formula is C15H21N3O. The molecule has 0 atom stereocenters. The molecule has 0 saturated carbocycles. The average molecular weight is 259 g/mol. The molecule has 0 aliphatic carbocycles. The third kappa shape index (κ3) is 4.31. The molecule has 19 heavy (non-hydrogen) atoms. The summed E-state index contributed by atoms with van der Waals surface area (Å²) < 4.78 is 0. The molecule has 4 heteroatoms. The predicted molar refractivity (Wildman–Crippen MR) is 79.1 cm³/mol. The van der Waals surface area contributed by atoms with Crippen molar-refractivity contribution in [1.82, 2.24) is 4.90 Å². The molecule has 3 N–H and O–H groups in total. The van der Waals surface area contributed by atoms with Crippen molar-refractivity contribution in [2.75, 3.05) is 25.0 Å². The highest BCUT2D eigenvalue weighted by Gasteiger charge is 2.10. The Balaban J connectivity index is 2.83. The largest absolute Gasteiger partial charge is 0.325 e. The second kappa shape index (κ2) is 7.45. The summed E-state index contributed by atoms with van der Waals surface area (Å²) in [5.74, 6) is 5.78. The zero-order valence-electron chi connectivity index (χ0n) is 11.8. The summed E-state index contributed by atoms with van der Waals surface area (Å²) in [6.07, 6.45) is 0. The minimum atomic E-state index is -0.0751. The Bertz CT molecular complexity index is 496. The fraction of sp³-hybridized carbons (Fsp3) is 0.400. The van der Waals surface area contributed by atoms with Gasteiger partial charge in [0.25, 0.3) is 0 Å². The number of hydrogen-bond acceptors (Lipinski definition) is 2. The lowest BCUT2D eigenvalue weighted by atomic mass is 10.1. The Morgan fingerprint density at radius 2 is 2.05 bits per heavy atom. The monoisotopic (exact) mass is 259 g/mol. The van der Waals surface area contributed by atoms with Gasteiger partial charge in [0.1, 0.15) is 0 Å². The number of nitrogens with one attached hydrogen (secondary N) is 1. The van der Waals surface area contributed by atoms with Crippen LogP contribution in [0.4, 0.5) is 10.5 Å². The lowest BCUT2D eigenvalue weighted by molar-refractivity contribution is 0.217. The topological polar surface area (TPSA) is 58.4 Å². The summed E-state index contributed by atoms with van der Waals surface area (Å²) >= 11 is 0. The van der Waals surface area contributed by atoms with E-state index in [4.69, 9.17) is 5.73 Å². The summed E-state index contributed by atoms with van der Waals surface area (Å²) in [5, 5.41) is 2.91. The van der Waals surface area contributed by atoms with E-state index in [0.29, 0.717) is 19.6 Å². The Hall–Kier alpha value is -1.99. The second-order valence-corrected chi connectivity index (χ2v) is 4.14. The number of nitrogens with zero attached hydrogens (tertiary/aromatic N) is 1. The molecule has 0 aliphatic rings. The SMILES string of the molecule is CCN(CC)C(=O)Nc1ccc(C#CCN)cc1C. The van der Waals surface area contributed by atoms with Crippen LogP contribution in [0.5, 0.6) is 0 Å². The first kappa shape index (κ1) is 15.1. The Morgan fingerprint density at radius 3 is 2.58 bits per heavy atom. The van der Waals surface area contributed by atoms with Crippen LogP contribution in [-0.2, 0) is 0 Å². The van der Waals surface area contributed by atoms with Gasteiger partial charge in [-0.05, 0) is 44.5 Å². The van der Waals surface area contributed by atoms with Crippen LogP contribution in [0.15, 0.2) is 18.2 Å². The molecule has 0 spiro atoms. The first-order valence-electron chi connectivity index (χ1n) is 6.47. The van der Waals surface area contributed by atoms with Crippen molar-refractivity contribution >= 4 is 11.7 Å². The van der Waals surface area contributed by atoms with Crippen molar-refractivity contribution in [3.63, 3.8) is 0 Å².